The molecule has 0 aliphatic heterocycles. The van der Waals surface area contributed by atoms with Gasteiger partial charge in [-0.1, -0.05) is 6.07 Å². The average Bonchev–Trinajstić information content (AvgIpc) is 2.38. The Balaban J connectivity index is 2.27. The maximum absolute atomic E-state index is 12.7. The molecular formula is C15H14F3NO2. The van der Waals surface area contributed by atoms with Crippen LogP contribution in [0, 0.1) is 0 Å². The summed E-state index contributed by atoms with van der Waals surface area (Å²) in [5.74, 6) is 0.977. The highest BCUT2D eigenvalue weighted by atomic mass is 19.4. The molecule has 2 aromatic rings. The molecule has 0 aromatic heterocycles. The molecule has 0 amide bonds. The van der Waals surface area contributed by atoms with Gasteiger partial charge in [-0.15, -0.1) is 0 Å². The van der Waals surface area contributed by atoms with E-state index < -0.39 is 11.7 Å². The van der Waals surface area contributed by atoms with E-state index in [4.69, 9.17) is 15.2 Å². The van der Waals surface area contributed by atoms with Crippen molar-refractivity contribution in [2.45, 2.75) is 13.1 Å². The van der Waals surface area contributed by atoms with E-state index in [1.165, 1.54) is 6.07 Å². The monoisotopic (exact) mass is 297 g/mol. The molecule has 0 aliphatic carbocycles. The van der Waals surface area contributed by atoms with Crippen molar-refractivity contribution in [1.82, 2.24) is 0 Å². The van der Waals surface area contributed by atoms with E-state index >= 15 is 0 Å². The number of benzene rings is 2. The van der Waals surface area contributed by atoms with Crippen molar-refractivity contribution in [2.24, 2.45) is 0 Å². The molecule has 3 nitrogen and oxygen atoms in total. The summed E-state index contributed by atoms with van der Waals surface area (Å²) < 4.78 is 48.9. The lowest BCUT2D eigenvalue weighted by atomic mass is 10.2. The lowest BCUT2D eigenvalue weighted by molar-refractivity contribution is -0.137. The number of rotatable bonds is 4. The number of halogens is 3. The molecule has 0 saturated heterocycles. The molecule has 2 rings (SSSR count). The van der Waals surface area contributed by atoms with Crippen molar-refractivity contribution in [2.75, 3.05) is 12.3 Å². The fourth-order valence-electron chi connectivity index (χ4n) is 1.77. The molecule has 0 radical (unpaired) electrons. The zero-order valence-corrected chi connectivity index (χ0v) is 11.3. The molecular weight excluding hydrogens is 283 g/mol. The Morgan fingerprint density at radius 1 is 1.00 bits per heavy atom. The van der Waals surface area contributed by atoms with Crippen LogP contribution in [0.1, 0.15) is 12.5 Å². The van der Waals surface area contributed by atoms with Crippen LogP contribution in [0.2, 0.25) is 0 Å². The Hall–Kier alpha value is -2.37. The molecule has 0 saturated carbocycles. The summed E-state index contributed by atoms with van der Waals surface area (Å²) in [6, 6.07) is 9.75. The van der Waals surface area contributed by atoms with Gasteiger partial charge in [-0.3, -0.25) is 0 Å². The number of nitrogens with two attached hydrogens (primary N) is 1. The highest BCUT2D eigenvalue weighted by molar-refractivity contribution is 5.50. The number of nitrogen functional groups attached to an aromatic ring is 1. The number of anilines is 1. The van der Waals surface area contributed by atoms with Crippen molar-refractivity contribution in [3.8, 4) is 17.2 Å². The van der Waals surface area contributed by atoms with E-state index in [0.29, 0.717) is 18.1 Å². The van der Waals surface area contributed by atoms with Gasteiger partial charge >= 0.3 is 6.18 Å². The van der Waals surface area contributed by atoms with Gasteiger partial charge in [0.05, 0.1) is 12.2 Å². The van der Waals surface area contributed by atoms with Crippen LogP contribution in [-0.2, 0) is 6.18 Å². The SMILES string of the molecule is CCOc1cccc(Oc2cc(N)cc(C(F)(F)F)c2)c1. The predicted molar refractivity (Wildman–Crippen MR) is 73.5 cm³/mol. The zero-order chi connectivity index (χ0) is 15.5. The molecule has 0 unspecified atom stereocenters. The van der Waals surface area contributed by atoms with Crippen LogP contribution in [0.3, 0.4) is 0 Å². The summed E-state index contributed by atoms with van der Waals surface area (Å²) in [7, 11) is 0. The second-order valence-electron chi connectivity index (χ2n) is 4.30. The van der Waals surface area contributed by atoms with Crippen LogP contribution in [-0.4, -0.2) is 6.61 Å². The molecule has 0 atom stereocenters. The first-order valence-electron chi connectivity index (χ1n) is 6.27. The van der Waals surface area contributed by atoms with E-state index in [1.807, 2.05) is 6.92 Å². The molecule has 2 N–H and O–H groups in total. The molecule has 0 bridgehead atoms. The van der Waals surface area contributed by atoms with Gasteiger partial charge in [0.2, 0.25) is 0 Å². The van der Waals surface area contributed by atoms with Crippen LogP contribution in [0.25, 0.3) is 0 Å². The van der Waals surface area contributed by atoms with Gasteiger partial charge in [0.25, 0.3) is 0 Å². The van der Waals surface area contributed by atoms with Gasteiger partial charge in [0.15, 0.2) is 0 Å². The molecule has 112 valence electrons. The van der Waals surface area contributed by atoms with E-state index in [0.717, 1.165) is 12.1 Å². The van der Waals surface area contributed by atoms with Crippen LogP contribution >= 0.6 is 0 Å². The molecule has 2 aromatic carbocycles. The summed E-state index contributed by atoms with van der Waals surface area (Å²) in [5, 5.41) is 0. The van der Waals surface area contributed by atoms with E-state index in [2.05, 4.69) is 0 Å². The lowest BCUT2D eigenvalue weighted by Crippen LogP contribution is -2.06. The number of hydrogen-bond donors (Lipinski definition) is 1. The standard InChI is InChI=1S/C15H14F3NO2/c1-2-20-12-4-3-5-13(9-12)21-14-7-10(15(16,17)18)6-11(19)8-14/h3-9H,2,19H2,1H3. The van der Waals surface area contributed by atoms with E-state index in [1.54, 1.807) is 24.3 Å². The summed E-state index contributed by atoms with van der Waals surface area (Å²) in [6.07, 6.45) is -4.47. The van der Waals surface area contributed by atoms with Crippen LogP contribution in [0.15, 0.2) is 42.5 Å². The maximum atomic E-state index is 12.7. The molecule has 0 aliphatic rings. The average molecular weight is 297 g/mol. The van der Waals surface area contributed by atoms with Crippen molar-refractivity contribution < 1.29 is 22.6 Å². The third-order valence-electron chi connectivity index (χ3n) is 2.61. The zero-order valence-electron chi connectivity index (χ0n) is 11.3. The Kier molecular flexibility index (Phi) is 4.26. The van der Waals surface area contributed by atoms with Gasteiger partial charge < -0.3 is 15.2 Å². The topological polar surface area (TPSA) is 44.5 Å². The van der Waals surface area contributed by atoms with Crippen molar-refractivity contribution in [3.05, 3.63) is 48.0 Å². The largest absolute Gasteiger partial charge is 0.494 e. The van der Waals surface area contributed by atoms with Gasteiger partial charge in [-0.05, 0) is 31.2 Å². The Labute approximate surface area is 120 Å². The number of alkyl halides is 3. The maximum Gasteiger partial charge on any atom is 0.416 e. The first kappa shape index (κ1) is 15.0. The van der Waals surface area contributed by atoms with Crippen LogP contribution < -0.4 is 15.2 Å². The van der Waals surface area contributed by atoms with Crippen LogP contribution in [0.4, 0.5) is 18.9 Å². The summed E-state index contributed by atoms with van der Waals surface area (Å²) in [4.78, 5) is 0. The van der Waals surface area contributed by atoms with E-state index in [9.17, 15) is 13.2 Å². The van der Waals surface area contributed by atoms with Crippen molar-refractivity contribution >= 4 is 5.69 Å². The van der Waals surface area contributed by atoms with Gasteiger partial charge in [0.1, 0.15) is 17.2 Å². The third kappa shape index (κ3) is 4.05. The van der Waals surface area contributed by atoms with Gasteiger partial charge in [-0.25, -0.2) is 0 Å². The Morgan fingerprint density at radius 2 is 1.71 bits per heavy atom. The highest BCUT2D eigenvalue weighted by Crippen LogP contribution is 2.35. The number of hydrogen-bond acceptors (Lipinski definition) is 3. The minimum absolute atomic E-state index is 0.0132. The minimum atomic E-state index is -4.47. The fourth-order valence-corrected chi connectivity index (χ4v) is 1.77. The summed E-state index contributed by atoms with van der Waals surface area (Å²) in [6.45, 7) is 2.32. The Morgan fingerprint density at radius 3 is 2.38 bits per heavy atom. The van der Waals surface area contributed by atoms with Gasteiger partial charge in [0, 0.05) is 17.8 Å². The normalized spacial score (nSPS) is 11.2. The van der Waals surface area contributed by atoms with Gasteiger partial charge in [-0.2, -0.15) is 13.2 Å². The first-order valence-corrected chi connectivity index (χ1v) is 6.27. The highest BCUT2D eigenvalue weighted by Gasteiger charge is 2.31. The van der Waals surface area contributed by atoms with Crippen molar-refractivity contribution in [3.63, 3.8) is 0 Å². The predicted octanol–water partition coefficient (Wildman–Crippen LogP) is 4.48. The molecule has 0 fully saturated rings. The quantitative estimate of drug-likeness (QED) is 0.846. The number of ether oxygens (including phenoxy) is 2. The van der Waals surface area contributed by atoms with E-state index in [-0.39, 0.29) is 11.4 Å². The molecule has 0 spiro atoms. The van der Waals surface area contributed by atoms with Crippen LogP contribution in [0.5, 0.6) is 17.2 Å². The molecule has 6 heteroatoms. The molecule has 0 heterocycles. The smallest absolute Gasteiger partial charge is 0.416 e. The summed E-state index contributed by atoms with van der Waals surface area (Å²) >= 11 is 0. The second-order valence-corrected chi connectivity index (χ2v) is 4.30. The lowest BCUT2D eigenvalue weighted by Gasteiger charge is -2.12. The fraction of sp³-hybridized carbons (Fsp3) is 0.200. The minimum Gasteiger partial charge on any atom is -0.494 e. The summed E-state index contributed by atoms with van der Waals surface area (Å²) in [5.41, 5.74) is 4.62. The Bertz CT molecular complexity index is 627. The first-order chi connectivity index (χ1) is 9.88. The second kappa shape index (κ2) is 5.95. The third-order valence-corrected chi connectivity index (χ3v) is 2.61. The van der Waals surface area contributed by atoms with Crippen molar-refractivity contribution in [1.29, 1.82) is 0 Å². The molecule has 21 heavy (non-hydrogen) atoms.